The Kier molecular flexibility index (Phi) is 19.2. The Hall–Kier alpha value is -4.34. The number of fused-ring (bicyclic) bond motifs is 3. The van der Waals surface area contributed by atoms with Gasteiger partial charge in [-0.2, -0.15) is 18.6 Å². The third-order valence-corrected chi connectivity index (χ3v) is 18.7. The summed E-state index contributed by atoms with van der Waals surface area (Å²) in [6.07, 6.45) is 12.0. The molecule has 86 heavy (non-hydrogen) atoms. The first-order chi connectivity index (χ1) is 40.9. The van der Waals surface area contributed by atoms with Crippen LogP contribution in [0.2, 0.25) is 0 Å². The molecule has 2 fully saturated rings. The quantitative estimate of drug-likeness (QED) is 0.0796. The summed E-state index contributed by atoms with van der Waals surface area (Å²) in [5.41, 5.74) is 20.1. The first-order valence-corrected chi connectivity index (χ1v) is 30.2. The molecule has 13 aromatic rings. The molecule has 2 saturated carbocycles. The number of nitrogens with zero attached hydrogens (tertiary/aromatic N) is 2. The van der Waals surface area contributed by atoms with Gasteiger partial charge in [-0.1, -0.05) is 214 Å². The van der Waals surface area contributed by atoms with Gasteiger partial charge in [-0.15, -0.1) is 6.07 Å². The third-order valence-electron chi connectivity index (χ3n) is 18.7. The van der Waals surface area contributed by atoms with Crippen molar-refractivity contribution in [2.75, 3.05) is 9.80 Å². The molecule has 4 nitrogen and oxygen atoms in total. The largest absolute Gasteiger partial charge is 1.00 e. The number of anilines is 6. The van der Waals surface area contributed by atoms with Gasteiger partial charge in [-0.05, 0) is 154 Å². The summed E-state index contributed by atoms with van der Waals surface area (Å²) in [5.74, 6) is 1.01. The molecule has 0 saturated heterocycles. The van der Waals surface area contributed by atoms with Crippen LogP contribution in [-0.4, -0.2) is 5.11 Å². The van der Waals surface area contributed by atoms with Crippen LogP contribution in [0.25, 0.3) is 87.6 Å². The fraction of sp³-hybridized carbons (Fsp3) is 0.177. The molecule has 12 aromatic carbocycles. The molecule has 1 heterocycles. The second kappa shape index (κ2) is 26.6. The number of rotatable bonds is 11. The van der Waals surface area contributed by atoms with E-state index in [1.165, 1.54) is 93.3 Å². The maximum atomic E-state index is 13.1. The van der Waals surface area contributed by atoms with Crippen molar-refractivity contribution in [3.63, 3.8) is 0 Å². The molecule has 7 heteroatoms. The molecular weight excluding hydrogens is 1130 g/mol. The van der Waals surface area contributed by atoms with E-state index in [0.29, 0.717) is 17.5 Å². The summed E-state index contributed by atoms with van der Waals surface area (Å²) in [6, 6.07) is 79.7. The van der Waals surface area contributed by atoms with E-state index in [4.69, 9.17) is 11.3 Å². The summed E-state index contributed by atoms with van der Waals surface area (Å²) in [6.45, 7) is 9.04. The maximum Gasteiger partial charge on any atom is 1.00 e. The van der Waals surface area contributed by atoms with Gasteiger partial charge in [0.1, 0.15) is 11.3 Å². The standard InChI is InChI=1S/C79H67N2O2.3K/c1-50-39-41-58(42-40-50)80(72-38-20-35-65-64-34-18-33-61(78(64)83-79(65)72)53-23-7-4-8-24-53)73-48-68(54-25-9-5-10-26-54)62-44-46-67-74(49-69(55-27-11-6-12-28-55)63-43-45-66(73)75(62)76(63)67)81(70-36-16-14-22-52(70)3)71-37-19-32-60(77(71)82)57-30-17-29-56(47-57)59-31-15-13-21-51(59)2;;;/h4,7-8,13-24,29-49,54-55,82H,3,5-6,9-12,25-28H2,1-2H3;;;/q-1;3*+1. The molecular formula is C79H67K3N2O2+2. The van der Waals surface area contributed by atoms with Crippen molar-refractivity contribution in [1.29, 1.82) is 0 Å². The van der Waals surface area contributed by atoms with E-state index < -0.39 is 0 Å². The van der Waals surface area contributed by atoms with E-state index in [-0.39, 0.29) is 160 Å². The molecule has 0 radical (unpaired) electrons. The van der Waals surface area contributed by atoms with Crippen molar-refractivity contribution in [2.24, 2.45) is 0 Å². The molecule has 0 amide bonds. The van der Waals surface area contributed by atoms with E-state index in [1.807, 2.05) is 0 Å². The molecule has 2 aliphatic carbocycles. The average Bonchev–Trinajstić information content (AvgIpc) is 1.23. The molecule has 0 bridgehead atoms. The average molecular weight is 1190 g/mol. The zero-order chi connectivity index (χ0) is 55.7. The Balaban J connectivity index is 0.00000241. The number of hydrogen-bond donors (Lipinski definition) is 1. The van der Waals surface area contributed by atoms with Crippen molar-refractivity contribution in [2.45, 2.75) is 89.9 Å². The zero-order valence-electron chi connectivity index (χ0n) is 50.5. The number of phenols is 1. The second-order valence-corrected chi connectivity index (χ2v) is 23.7. The minimum Gasteiger partial charge on any atom is -0.505 e. The number of phenolic OH excluding ortho intramolecular Hbond substituents is 1. The van der Waals surface area contributed by atoms with Crippen molar-refractivity contribution in [3.8, 4) is 39.1 Å². The second-order valence-electron chi connectivity index (χ2n) is 23.7. The van der Waals surface area contributed by atoms with Gasteiger partial charge in [0.05, 0.1) is 17.1 Å². The maximum absolute atomic E-state index is 13.1. The minimum atomic E-state index is 0. The topological polar surface area (TPSA) is 39.9 Å². The van der Waals surface area contributed by atoms with Crippen LogP contribution in [0.5, 0.6) is 5.75 Å². The number of furan rings is 1. The summed E-state index contributed by atoms with van der Waals surface area (Å²) in [5, 5.41) is 22.9. The predicted octanol–water partition coefficient (Wildman–Crippen LogP) is 14.0. The Labute approximate surface area is 634 Å². The predicted molar refractivity (Wildman–Crippen MR) is 350 cm³/mol. The van der Waals surface area contributed by atoms with E-state index in [1.54, 1.807) is 0 Å². The first-order valence-electron chi connectivity index (χ1n) is 30.2. The summed E-state index contributed by atoms with van der Waals surface area (Å²) >= 11 is 0. The van der Waals surface area contributed by atoms with Crippen molar-refractivity contribution < 1.29 is 164 Å². The first kappa shape index (κ1) is 61.9. The van der Waals surface area contributed by atoms with E-state index in [2.05, 4.69) is 242 Å². The van der Waals surface area contributed by atoms with Crippen LogP contribution in [-0.2, 0) is 0 Å². The van der Waals surface area contributed by atoms with Gasteiger partial charge in [0.25, 0.3) is 0 Å². The zero-order valence-corrected chi connectivity index (χ0v) is 59.8. The van der Waals surface area contributed by atoms with Crippen molar-refractivity contribution in [1.82, 2.24) is 0 Å². The normalized spacial score (nSPS) is 13.9. The van der Waals surface area contributed by atoms with Crippen LogP contribution in [0.1, 0.15) is 104 Å². The van der Waals surface area contributed by atoms with Gasteiger partial charge in [0.15, 0.2) is 5.58 Å². The van der Waals surface area contributed by atoms with Crippen LogP contribution < -0.4 is 164 Å². The van der Waals surface area contributed by atoms with Gasteiger partial charge < -0.3 is 19.3 Å². The number of aryl methyl sites for hydroxylation is 2. The number of para-hydroxylation sites is 4. The molecule has 2 aliphatic rings. The smallest absolute Gasteiger partial charge is 0.505 e. The van der Waals surface area contributed by atoms with Crippen LogP contribution in [0.15, 0.2) is 223 Å². The van der Waals surface area contributed by atoms with Gasteiger partial charge >= 0.3 is 154 Å². The Morgan fingerprint density at radius 3 is 1.52 bits per heavy atom. The molecule has 0 spiro atoms. The SMILES string of the molecule is [CH2-]c1ccccc1N(c1cccc(-c2cccc(-c3ccccc3C)c2)c1O)c1cc(C2CCCCC2)c2ccc3c(N(c4ccc(C)cc4)c4cccc5c4oc4c(-c6ccccc6)cccc45)cc(C4CCCCC4)c4ccc1c2c43.[K+].[K+].[K+]. The Morgan fingerprint density at radius 2 is 0.872 bits per heavy atom. The molecule has 15 rings (SSSR count). The van der Waals surface area contributed by atoms with E-state index in [9.17, 15) is 5.11 Å². The fourth-order valence-corrected chi connectivity index (χ4v) is 14.6. The number of aromatic hydroxyl groups is 1. The molecule has 0 unspecified atom stereocenters. The summed E-state index contributed by atoms with van der Waals surface area (Å²) in [7, 11) is 0. The summed E-state index contributed by atoms with van der Waals surface area (Å²) in [4.78, 5) is 4.84. The van der Waals surface area contributed by atoms with Gasteiger partial charge in [0.2, 0.25) is 0 Å². The monoisotopic (exact) mass is 1190 g/mol. The van der Waals surface area contributed by atoms with E-state index in [0.717, 1.165) is 115 Å². The van der Waals surface area contributed by atoms with E-state index >= 15 is 0 Å². The molecule has 1 N–H and O–H groups in total. The number of benzene rings is 12. The molecule has 0 atom stereocenters. The van der Waals surface area contributed by atoms with Gasteiger partial charge in [-0.3, -0.25) is 0 Å². The Bertz CT molecular complexity index is 4600. The van der Waals surface area contributed by atoms with Gasteiger partial charge in [0, 0.05) is 44.0 Å². The Morgan fingerprint density at radius 1 is 0.384 bits per heavy atom. The molecule has 0 aliphatic heterocycles. The fourth-order valence-electron chi connectivity index (χ4n) is 14.6. The van der Waals surface area contributed by atoms with Crippen molar-refractivity contribution in [3.05, 3.63) is 253 Å². The minimum absolute atomic E-state index is 0. The van der Waals surface area contributed by atoms with Gasteiger partial charge in [-0.25, -0.2) is 0 Å². The third kappa shape index (κ3) is 11.2. The summed E-state index contributed by atoms with van der Waals surface area (Å²) < 4.78 is 7.31. The van der Waals surface area contributed by atoms with Crippen molar-refractivity contribution >= 4 is 88.4 Å². The van der Waals surface area contributed by atoms with Crippen LogP contribution in [0.3, 0.4) is 0 Å². The van der Waals surface area contributed by atoms with Crippen LogP contribution in [0.4, 0.5) is 34.1 Å². The number of hydrogen-bond acceptors (Lipinski definition) is 4. The van der Waals surface area contributed by atoms with Crippen LogP contribution >= 0.6 is 0 Å². The molecule has 1 aromatic heterocycles. The van der Waals surface area contributed by atoms with Crippen LogP contribution in [0, 0.1) is 20.8 Å². The molecule has 406 valence electrons.